The maximum Gasteiger partial charge on any atom is 0.365 e. The molecule has 6 rings (SSSR count). The lowest BCUT2D eigenvalue weighted by atomic mass is 10.0. The number of carbonyl (C=O) groups excluding carboxylic acids is 1. The number of H-pyrrole nitrogens is 1. The Bertz CT molecular complexity index is 1450. The summed E-state index contributed by atoms with van der Waals surface area (Å²) in [5, 5.41) is 2.77. The molecule has 0 aliphatic carbocycles. The van der Waals surface area contributed by atoms with Crippen molar-refractivity contribution in [3.63, 3.8) is 0 Å². The molecule has 1 N–H and O–H groups in total. The van der Waals surface area contributed by atoms with Crippen LogP contribution in [0.15, 0.2) is 77.6 Å². The molecule has 4 aromatic rings. The SMILES string of the molecule is Cl.O=C1OC(c2cccc3ccccc23)=NC1=CN1CCN(c2nc3ccc(Cl)cc3[nH]2)CC1. The van der Waals surface area contributed by atoms with Crippen LogP contribution in [0.5, 0.6) is 0 Å². The van der Waals surface area contributed by atoms with Crippen molar-refractivity contribution in [3.05, 3.63) is 83.1 Å². The molecule has 0 saturated carbocycles. The van der Waals surface area contributed by atoms with E-state index in [0.717, 1.165) is 59.5 Å². The molecule has 0 spiro atoms. The highest BCUT2D eigenvalue weighted by Crippen LogP contribution is 2.25. The van der Waals surface area contributed by atoms with Gasteiger partial charge < -0.3 is 19.5 Å². The Labute approximate surface area is 207 Å². The first-order chi connectivity index (χ1) is 16.1. The number of nitrogens with zero attached hydrogens (tertiary/aromatic N) is 4. The molecule has 3 aromatic carbocycles. The molecule has 0 radical (unpaired) electrons. The summed E-state index contributed by atoms with van der Waals surface area (Å²) < 4.78 is 5.52. The molecule has 172 valence electrons. The number of benzene rings is 3. The third kappa shape index (κ3) is 4.08. The minimum absolute atomic E-state index is 0. The summed E-state index contributed by atoms with van der Waals surface area (Å²) in [6.07, 6.45) is 1.80. The number of nitrogens with one attached hydrogen (secondary N) is 1. The molecule has 3 heterocycles. The minimum atomic E-state index is -0.422. The van der Waals surface area contributed by atoms with Gasteiger partial charge in [0.1, 0.15) is 0 Å². The number of carbonyl (C=O) groups is 1. The fraction of sp³-hybridized carbons (Fsp3) is 0.160. The number of aromatic nitrogens is 2. The molecule has 1 saturated heterocycles. The molecular formula is C25H21Cl2N5O2. The van der Waals surface area contributed by atoms with Gasteiger partial charge in [0, 0.05) is 43.0 Å². The number of fused-ring (bicyclic) bond motifs is 2. The number of hydrogen-bond donors (Lipinski definition) is 1. The van der Waals surface area contributed by atoms with Gasteiger partial charge in [-0.25, -0.2) is 14.8 Å². The van der Waals surface area contributed by atoms with E-state index in [2.05, 4.69) is 24.8 Å². The maximum atomic E-state index is 12.5. The third-order valence-electron chi connectivity index (χ3n) is 5.99. The van der Waals surface area contributed by atoms with Gasteiger partial charge in [-0.3, -0.25) is 0 Å². The molecule has 0 unspecified atom stereocenters. The number of esters is 1. The summed E-state index contributed by atoms with van der Waals surface area (Å²) in [7, 11) is 0. The van der Waals surface area contributed by atoms with Crippen LogP contribution in [0.4, 0.5) is 5.95 Å². The lowest BCUT2D eigenvalue weighted by Gasteiger charge is -2.33. The summed E-state index contributed by atoms with van der Waals surface area (Å²) in [4.78, 5) is 29.3. The van der Waals surface area contributed by atoms with Gasteiger partial charge in [0.2, 0.25) is 11.8 Å². The highest BCUT2D eigenvalue weighted by molar-refractivity contribution is 6.31. The quantitative estimate of drug-likeness (QED) is 0.329. The van der Waals surface area contributed by atoms with E-state index in [1.807, 2.05) is 60.7 Å². The average molecular weight is 494 g/mol. The first-order valence-electron chi connectivity index (χ1n) is 10.8. The van der Waals surface area contributed by atoms with Gasteiger partial charge in [0.05, 0.1) is 11.0 Å². The van der Waals surface area contributed by atoms with Crippen LogP contribution in [0.3, 0.4) is 0 Å². The Morgan fingerprint density at radius 1 is 1.00 bits per heavy atom. The number of piperazine rings is 1. The number of aromatic amines is 1. The smallest absolute Gasteiger partial charge is 0.365 e. The van der Waals surface area contributed by atoms with Gasteiger partial charge in [-0.2, -0.15) is 0 Å². The van der Waals surface area contributed by atoms with Crippen molar-refractivity contribution in [3.8, 4) is 0 Å². The fourth-order valence-electron chi connectivity index (χ4n) is 4.28. The van der Waals surface area contributed by atoms with Gasteiger partial charge in [0.25, 0.3) is 0 Å². The first-order valence-corrected chi connectivity index (χ1v) is 11.2. The lowest BCUT2D eigenvalue weighted by molar-refractivity contribution is -0.130. The number of cyclic esters (lactones) is 1. The summed E-state index contributed by atoms with van der Waals surface area (Å²) in [5.41, 5.74) is 2.96. The molecule has 0 amide bonds. The van der Waals surface area contributed by atoms with E-state index in [1.165, 1.54) is 0 Å². The van der Waals surface area contributed by atoms with Crippen LogP contribution in [0, 0.1) is 0 Å². The van der Waals surface area contributed by atoms with E-state index < -0.39 is 5.97 Å². The average Bonchev–Trinajstić information content (AvgIpc) is 3.42. The Balaban J connectivity index is 0.00000241. The fourth-order valence-corrected chi connectivity index (χ4v) is 4.45. The van der Waals surface area contributed by atoms with Gasteiger partial charge in [-0.1, -0.05) is 48.0 Å². The zero-order chi connectivity index (χ0) is 22.4. The van der Waals surface area contributed by atoms with Crippen LogP contribution >= 0.6 is 24.0 Å². The lowest BCUT2D eigenvalue weighted by Crippen LogP contribution is -2.44. The molecule has 0 bridgehead atoms. The van der Waals surface area contributed by atoms with Crippen LogP contribution in [0.1, 0.15) is 5.56 Å². The molecule has 1 aromatic heterocycles. The number of hydrogen-bond acceptors (Lipinski definition) is 6. The highest BCUT2D eigenvalue weighted by Gasteiger charge is 2.27. The zero-order valence-electron chi connectivity index (χ0n) is 18.1. The first kappa shape index (κ1) is 22.3. The predicted molar refractivity (Wildman–Crippen MR) is 137 cm³/mol. The number of ether oxygens (including phenoxy) is 1. The number of imidazole rings is 1. The molecule has 7 nitrogen and oxygen atoms in total. The summed E-state index contributed by atoms with van der Waals surface area (Å²) in [5.74, 6) is 0.758. The molecule has 2 aliphatic heterocycles. The van der Waals surface area contributed by atoms with E-state index in [1.54, 1.807) is 6.20 Å². The van der Waals surface area contributed by atoms with E-state index in [4.69, 9.17) is 16.3 Å². The van der Waals surface area contributed by atoms with Crippen molar-refractivity contribution < 1.29 is 9.53 Å². The number of rotatable bonds is 3. The molecular weight excluding hydrogens is 473 g/mol. The predicted octanol–water partition coefficient (Wildman–Crippen LogP) is 4.76. The molecule has 2 aliphatic rings. The van der Waals surface area contributed by atoms with Gasteiger partial charge in [0.15, 0.2) is 5.70 Å². The largest absolute Gasteiger partial charge is 0.402 e. The normalized spacial score (nSPS) is 17.3. The van der Waals surface area contributed by atoms with Crippen LogP contribution < -0.4 is 4.90 Å². The molecule has 0 atom stereocenters. The standard InChI is InChI=1S/C25H20ClN5O2.ClH/c26-17-8-9-20-21(14-17)29-25(28-20)31-12-10-30(11-13-31)15-22-24(32)33-23(27-22)19-7-3-5-16-4-1-2-6-18(16)19;/h1-9,14-15H,10-13H2,(H,28,29);1H. The van der Waals surface area contributed by atoms with Gasteiger partial charge >= 0.3 is 5.97 Å². The Morgan fingerprint density at radius 2 is 1.79 bits per heavy atom. The van der Waals surface area contributed by atoms with Crippen LogP contribution in [0.2, 0.25) is 5.02 Å². The molecule has 1 fully saturated rings. The Kier molecular flexibility index (Phi) is 5.89. The van der Waals surface area contributed by atoms with Crippen molar-refractivity contribution in [2.45, 2.75) is 0 Å². The molecule has 34 heavy (non-hydrogen) atoms. The molecule has 9 heteroatoms. The summed E-state index contributed by atoms with van der Waals surface area (Å²) in [6.45, 7) is 3.03. The van der Waals surface area contributed by atoms with Crippen LogP contribution in [0.25, 0.3) is 21.8 Å². The zero-order valence-corrected chi connectivity index (χ0v) is 19.6. The van der Waals surface area contributed by atoms with E-state index >= 15 is 0 Å². The number of anilines is 1. The van der Waals surface area contributed by atoms with Crippen molar-refractivity contribution in [2.75, 3.05) is 31.1 Å². The summed E-state index contributed by atoms with van der Waals surface area (Å²) >= 11 is 6.08. The van der Waals surface area contributed by atoms with E-state index in [9.17, 15) is 4.79 Å². The van der Waals surface area contributed by atoms with E-state index in [0.29, 0.717) is 16.6 Å². The monoisotopic (exact) mass is 493 g/mol. The summed E-state index contributed by atoms with van der Waals surface area (Å²) in [6, 6.07) is 19.5. The third-order valence-corrected chi connectivity index (χ3v) is 6.23. The van der Waals surface area contributed by atoms with Gasteiger partial charge in [-0.05, 0) is 35.0 Å². The second-order valence-electron chi connectivity index (χ2n) is 8.09. The highest BCUT2D eigenvalue weighted by atomic mass is 35.5. The van der Waals surface area contributed by atoms with Crippen molar-refractivity contribution >= 4 is 63.6 Å². The second kappa shape index (κ2) is 9.00. The van der Waals surface area contributed by atoms with Crippen LogP contribution in [-0.4, -0.2) is 52.9 Å². The van der Waals surface area contributed by atoms with Crippen LogP contribution in [-0.2, 0) is 9.53 Å². The maximum absolute atomic E-state index is 12.5. The van der Waals surface area contributed by atoms with Gasteiger partial charge in [-0.15, -0.1) is 12.4 Å². The van der Waals surface area contributed by atoms with Crippen molar-refractivity contribution in [1.29, 1.82) is 0 Å². The Hall–Kier alpha value is -3.55. The van der Waals surface area contributed by atoms with E-state index in [-0.39, 0.29) is 12.4 Å². The van der Waals surface area contributed by atoms with Crippen molar-refractivity contribution in [1.82, 2.24) is 14.9 Å². The van der Waals surface area contributed by atoms with Crippen molar-refractivity contribution in [2.24, 2.45) is 4.99 Å². The number of aliphatic imine (C=N–C) groups is 1. The minimum Gasteiger partial charge on any atom is -0.402 e. The number of halogens is 2. The topological polar surface area (TPSA) is 73.8 Å². The second-order valence-corrected chi connectivity index (χ2v) is 8.53. The Morgan fingerprint density at radius 3 is 2.65 bits per heavy atom.